The van der Waals surface area contributed by atoms with Crippen LogP contribution in [0.15, 0.2) is 0 Å². The molecule has 0 atom stereocenters. The third-order valence-corrected chi connectivity index (χ3v) is 14.0. The van der Waals surface area contributed by atoms with Crippen LogP contribution >= 0.6 is 0 Å². The first kappa shape index (κ1) is 31.9. The van der Waals surface area contributed by atoms with Gasteiger partial charge in [0.05, 0.1) is 0 Å². The highest BCUT2D eigenvalue weighted by molar-refractivity contribution is 6.84. The molecule has 0 aliphatic carbocycles. The molecule has 0 heterocycles. The van der Waals surface area contributed by atoms with E-state index in [2.05, 4.69) is 49.3 Å². The van der Waals surface area contributed by atoms with Crippen molar-refractivity contribution >= 4 is 26.4 Å². The molecule has 0 aromatic rings. The topological polar surface area (TPSA) is 191 Å². The molecule has 0 aliphatic rings. The van der Waals surface area contributed by atoms with Gasteiger partial charge in [0.15, 0.2) is 0 Å². The van der Waals surface area contributed by atoms with Gasteiger partial charge in [0.2, 0.25) is 0 Å². The number of nitrogens with one attached hydrogen (secondary N) is 9. The predicted molar refractivity (Wildman–Crippen MR) is 117 cm³/mol. The van der Waals surface area contributed by atoms with E-state index in [0.717, 1.165) is 0 Å². The molecule has 0 fully saturated rings. The molecule has 0 aromatic heterocycles. The molecular formula is C11H39N9O9Si3. The summed E-state index contributed by atoms with van der Waals surface area (Å²) < 4.78 is 52.1. The Bertz CT molecular complexity index is 403. The van der Waals surface area contributed by atoms with Gasteiger partial charge in [-0.2, -0.15) is 0 Å². The lowest BCUT2D eigenvalue weighted by molar-refractivity contribution is -0.0598. The molecule has 32 heavy (non-hydrogen) atoms. The normalized spacial score (nSPS) is 13.3. The molecule has 0 saturated heterocycles. The van der Waals surface area contributed by atoms with Crippen LogP contribution in [0.4, 0.5) is 0 Å². The second-order valence-corrected chi connectivity index (χ2v) is 13.4. The standard InChI is InChI=1S/C11H39N9O9Si3/c1-12-21-30(22-13-2,23-14-3)10-11(31(24-15-4,25-16-5)26-17-6)32(27-18-7,28-19-8)29-20-9/h11-20H,10H2,1-9H3. The molecule has 21 heteroatoms. The third kappa shape index (κ3) is 8.94. The van der Waals surface area contributed by atoms with Crippen molar-refractivity contribution in [2.45, 2.75) is 11.2 Å². The minimum atomic E-state index is -3.92. The SMILES string of the molecule is CNO[Si](CC([Si](ONC)(ONC)ONC)[Si](ONC)(ONC)ONC)(ONC)ONC. The highest BCUT2D eigenvalue weighted by atomic mass is 28.5. The van der Waals surface area contributed by atoms with E-state index < -0.39 is 31.6 Å². The minimum Gasteiger partial charge on any atom is -0.287 e. The van der Waals surface area contributed by atoms with Crippen molar-refractivity contribution in [1.29, 1.82) is 0 Å². The van der Waals surface area contributed by atoms with Gasteiger partial charge in [-0.15, -0.1) is 0 Å². The Morgan fingerprint density at radius 1 is 0.406 bits per heavy atom. The van der Waals surface area contributed by atoms with Crippen LogP contribution in [-0.4, -0.2) is 89.8 Å². The zero-order chi connectivity index (χ0) is 24.5. The van der Waals surface area contributed by atoms with Crippen molar-refractivity contribution < 1.29 is 40.7 Å². The summed E-state index contributed by atoms with van der Waals surface area (Å²) >= 11 is 0. The van der Waals surface area contributed by atoms with Gasteiger partial charge in [-0.3, -0.25) is 40.7 Å². The molecule has 0 bridgehead atoms. The van der Waals surface area contributed by atoms with Crippen LogP contribution in [0.1, 0.15) is 0 Å². The van der Waals surface area contributed by atoms with E-state index >= 15 is 0 Å². The molecule has 9 N–H and O–H groups in total. The van der Waals surface area contributed by atoms with Gasteiger partial charge in [0.1, 0.15) is 5.16 Å². The Labute approximate surface area is 191 Å². The summed E-state index contributed by atoms with van der Waals surface area (Å²) in [5.41, 5.74) is 23.5. The second-order valence-electron chi connectivity index (χ2n) is 5.40. The smallest absolute Gasteiger partial charge is 0.287 e. The molecule has 0 rings (SSSR count). The highest BCUT2D eigenvalue weighted by Gasteiger charge is 2.72. The van der Waals surface area contributed by atoms with E-state index in [0.29, 0.717) is 0 Å². The summed E-state index contributed by atoms with van der Waals surface area (Å²) in [6.07, 6.45) is 0. The predicted octanol–water partition coefficient (Wildman–Crippen LogP) is -3.93. The Hall–Kier alpha value is -0.0694. The second kappa shape index (κ2) is 17.4. The first-order valence-electron chi connectivity index (χ1n) is 9.51. The number of hydroxylamine groups is 9. The summed E-state index contributed by atoms with van der Waals surface area (Å²) in [6.45, 7) is 0. The lowest BCUT2D eigenvalue weighted by atomic mass is 10.9. The molecule has 0 radical (unpaired) electrons. The quantitative estimate of drug-likeness (QED) is 0.0491. The summed E-state index contributed by atoms with van der Waals surface area (Å²) in [7, 11) is 2.41. The van der Waals surface area contributed by atoms with Crippen molar-refractivity contribution in [2.24, 2.45) is 0 Å². The lowest BCUT2D eigenvalue weighted by Crippen LogP contribution is -2.71. The maximum absolute atomic E-state index is 5.82. The maximum Gasteiger partial charge on any atom is 0.559 e. The number of hydrogen-bond acceptors (Lipinski definition) is 18. The Morgan fingerprint density at radius 2 is 0.625 bits per heavy atom. The molecule has 0 spiro atoms. The lowest BCUT2D eigenvalue weighted by Gasteiger charge is -2.42. The van der Waals surface area contributed by atoms with Gasteiger partial charge in [0, 0.05) is 69.5 Å². The van der Waals surface area contributed by atoms with Gasteiger partial charge < -0.3 is 0 Å². The van der Waals surface area contributed by atoms with Crippen molar-refractivity contribution in [3.63, 3.8) is 0 Å². The molecule has 0 saturated carbocycles. The Kier molecular flexibility index (Phi) is 17.3. The molecule has 0 amide bonds. The summed E-state index contributed by atoms with van der Waals surface area (Å²) in [4.78, 5) is 0. The van der Waals surface area contributed by atoms with E-state index in [1.54, 1.807) is 63.4 Å². The largest absolute Gasteiger partial charge is 0.559 e. The zero-order valence-electron chi connectivity index (χ0n) is 20.0. The van der Waals surface area contributed by atoms with E-state index in [-0.39, 0.29) is 6.04 Å². The maximum atomic E-state index is 5.82. The van der Waals surface area contributed by atoms with Gasteiger partial charge >= 0.3 is 26.4 Å². The van der Waals surface area contributed by atoms with Crippen LogP contribution in [-0.2, 0) is 40.7 Å². The summed E-state index contributed by atoms with van der Waals surface area (Å²) in [6, 6.07) is -0.0654. The zero-order valence-corrected chi connectivity index (χ0v) is 23.0. The van der Waals surface area contributed by atoms with E-state index in [4.69, 9.17) is 40.7 Å². The van der Waals surface area contributed by atoms with Gasteiger partial charge in [-0.1, -0.05) is 0 Å². The van der Waals surface area contributed by atoms with Crippen molar-refractivity contribution in [3.8, 4) is 0 Å². The van der Waals surface area contributed by atoms with E-state index in [1.807, 2.05) is 0 Å². The van der Waals surface area contributed by atoms with Gasteiger partial charge in [-0.25, -0.2) is 49.3 Å². The third-order valence-electron chi connectivity index (χ3n) is 3.55. The highest BCUT2D eigenvalue weighted by Crippen LogP contribution is 2.41. The molecule has 0 unspecified atom stereocenters. The van der Waals surface area contributed by atoms with Gasteiger partial charge in [-0.05, 0) is 0 Å². The Balaban J connectivity index is 6.91. The van der Waals surface area contributed by atoms with Crippen LogP contribution in [0.3, 0.4) is 0 Å². The average molecular weight is 526 g/mol. The molecule has 18 nitrogen and oxygen atoms in total. The van der Waals surface area contributed by atoms with E-state index in [9.17, 15) is 0 Å². The van der Waals surface area contributed by atoms with Crippen molar-refractivity contribution in [1.82, 2.24) is 49.3 Å². The fourth-order valence-corrected chi connectivity index (χ4v) is 13.7. The van der Waals surface area contributed by atoms with Crippen LogP contribution in [0.2, 0.25) is 11.2 Å². The van der Waals surface area contributed by atoms with Crippen molar-refractivity contribution in [3.05, 3.63) is 0 Å². The first-order valence-corrected chi connectivity index (χ1v) is 15.0. The monoisotopic (exact) mass is 525 g/mol. The molecule has 194 valence electrons. The fourth-order valence-electron chi connectivity index (χ4n) is 2.78. The van der Waals surface area contributed by atoms with Gasteiger partial charge in [0.25, 0.3) is 0 Å². The first-order chi connectivity index (χ1) is 15.4. The van der Waals surface area contributed by atoms with Crippen LogP contribution in [0, 0.1) is 0 Å². The van der Waals surface area contributed by atoms with E-state index in [1.165, 1.54) is 0 Å². The fraction of sp³-hybridized carbons (Fsp3) is 1.00. The summed E-state index contributed by atoms with van der Waals surface area (Å²) in [5.74, 6) is 0. The molecular weight excluding hydrogens is 486 g/mol. The number of hydrogen-bond donors (Lipinski definition) is 9. The molecule has 0 aliphatic heterocycles. The van der Waals surface area contributed by atoms with Crippen LogP contribution in [0.25, 0.3) is 0 Å². The van der Waals surface area contributed by atoms with Crippen LogP contribution < -0.4 is 49.3 Å². The number of rotatable bonds is 22. The van der Waals surface area contributed by atoms with Crippen LogP contribution in [0.5, 0.6) is 0 Å². The Morgan fingerprint density at radius 3 is 0.812 bits per heavy atom. The molecule has 0 aromatic carbocycles. The average Bonchev–Trinajstić information content (AvgIpc) is 2.73. The minimum absolute atomic E-state index is 0.0654. The van der Waals surface area contributed by atoms with Crippen molar-refractivity contribution in [2.75, 3.05) is 63.4 Å². The summed E-state index contributed by atoms with van der Waals surface area (Å²) in [5, 5.41) is -0.962.